The second-order valence-corrected chi connectivity index (χ2v) is 6.57. The van der Waals surface area contributed by atoms with Gasteiger partial charge < -0.3 is 19.8 Å². The van der Waals surface area contributed by atoms with E-state index in [1.54, 1.807) is 19.0 Å². The van der Waals surface area contributed by atoms with Gasteiger partial charge in [-0.3, -0.25) is 19.5 Å². The molecule has 1 fully saturated rings. The van der Waals surface area contributed by atoms with E-state index in [9.17, 15) is 33.0 Å². The third-order valence-electron chi connectivity index (χ3n) is 3.68. The van der Waals surface area contributed by atoms with E-state index >= 15 is 0 Å². The van der Waals surface area contributed by atoms with E-state index in [2.05, 4.69) is 4.99 Å². The van der Waals surface area contributed by atoms with Crippen molar-refractivity contribution in [2.45, 2.75) is 42.0 Å². The monoisotopic (exact) mass is 371 g/mol. The summed E-state index contributed by atoms with van der Waals surface area (Å²) >= 11 is 0.987. The van der Waals surface area contributed by atoms with Gasteiger partial charge in [-0.2, -0.15) is 13.2 Å². The molecule has 2 aliphatic heterocycles. The van der Waals surface area contributed by atoms with Gasteiger partial charge in [0.2, 0.25) is 12.8 Å². The molecule has 24 heavy (non-hydrogen) atoms. The van der Waals surface area contributed by atoms with Crippen LogP contribution in [0.5, 0.6) is 0 Å². The van der Waals surface area contributed by atoms with Crippen LogP contribution in [0.3, 0.4) is 0 Å². The summed E-state index contributed by atoms with van der Waals surface area (Å²) in [6.45, 7) is 0. The van der Waals surface area contributed by atoms with Crippen LogP contribution in [0.25, 0.3) is 0 Å². The van der Waals surface area contributed by atoms with Crippen molar-refractivity contribution in [2.75, 3.05) is 14.1 Å². The molecule has 2 N–H and O–H groups in total. The van der Waals surface area contributed by atoms with Crippen LogP contribution in [0.15, 0.2) is 4.99 Å². The van der Waals surface area contributed by atoms with Crippen molar-refractivity contribution in [3.63, 3.8) is 0 Å². The third kappa shape index (κ3) is 3.36. The number of aliphatic hydroxyl groups is 2. The molecule has 0 saturated carbocycles. The zero-order chi connectivity index (χ0) is 18.2. The third-order valence-corrected chi connectivity index (χ3v) is 4.99. The predicted octanol–water partition coefficient (Wildman–Crippen LogP) is -0.988. The van der Waals surface area contributed by atoms with Crippen molar-refractivity contribution >= 4 is 29.7 Å². The normalized spacial score (nSPS) is 34.1. The Balaban J connectivity index is 2.31. The number of rotatable bonds is 4. The van der Waals surface area contributed by atoms with Gasteiger partial charge in [0.05, 0.1) is 0 Å². The van der Waals surface area contributed by atoms with Gasteiger partial charge in [-0.25, -0.2) is 0 Å². The number of amidine groups is 1. The first-order chi connectivity index (χ1) is 11.1. The van der Waals surface area contributed by atoms with E-state index in [-0.39, 0.29) is 17.7 Å². The smallest absolute Gasteiger partial charge is 0.388 e. The van der Waals surface area contributed by atoms with Gasteiger partial charge in [-0.1, -0.05) is 11.8 Å². The topological polar surface area (TPSA) is 103 Å². The number of amides is 2. The molecule has 136 valence electrons. The first-order valence-electron chi connectivity index (χ1n) is 6.80. The molecule has 0 aromatic heterocycles. The molecule has 6 atom stereocenters. The number of hydrogen-bond acceptors (Lipinski definition) is 8. The quantitative estimate of drug-likeness (QED) is 0.612. The lowest BCUT2D eigenvalue weighted by Crippen LogP contribution is -2.64. The molecule has 0 aromatic carbocycles. The maximum Gasteiger partial charge on any atom is 0.411 e. The van der Waals surface area contributed by atoms with Crippen LogP contribution in [-0.2, 0) is 14.3 Å². The average molecular weight is 371 g/mol. The number of aliphatic hydroxyl groups excluding tert-OH is 2. The molecule has 8 nitrogen and oxygen atoms in total. The van der Waals surface area contributed by atoms with Crippen molar-refractivity contribution in [3.8, 4) is 0 Å². The van der Waals surface area contributed by atoms with Crippen molar-refractivity contribution in [3.05, 3.63) is 0 Å². The number of hydrogen-bond donors (Lipinski definition) is 2. The van der Waals surface area contributed by atoms with Gasteiger partial charge in [-0.15, -0.1) is 0 Å². The van der Waals surface area contributed by atoms with Crippen LogP contribution < -0.4 is 0 Å². The minimum atomic E-state index is -5.05. The lowest BCUT2D eigenvalue weighted by atomic mass is 9.92. The second-order valence-electron chi connectivity index (χ2n) is 5.51. The number of nitrogens with zero attached hydrogens (tertiary/aromatic N) is 3. The van der Waals surface area contributed by atoms with Crippen LogP contribution in [0.1, 0.15) is 0 Å². The molecule has 1 saturated heterocycles. The van der Waals surface area contributed by atoms with E-state index in [1.165, 1.54) is 0 Å². The zero-order valence-corrected chi connectivity index (χ0v) is 13.4. The highest BCUT2D eigenvalue weighted by Gasteiger charge is 2.58. The van der Waals surface area contributed by atoms with E-state index in [0.29, 0.717) is 5.17 Å². The summed E-state index contributed by atoms with van der Waals surface area (Å²) in [5.74, 6) is 0. The summed E-state index contributed by atoms with van der Waals surface area (Å²) in [4.78, 5) is 27.1. The molecule has 2 heterocycles. The van der Waals surface area contributed by atoms with Crippen LogP contribution in [0, 0.1) is 0 Å². The summed E-state index contributed by atoms with van der Waals surface area (Å²) < 4.78 is 45.2. The van der Waals surface area contributed by atoms with Crippen LogP contribution in [-0.4, -0.2) is 94.1 Å². The molecule has 2 amide bonds. The van der Waals surface area contributed by atoms with Crippen molar-refractivity contribution in [1.29, 1.82) is 0 Å². The number of alkyl halides is 3. The van der Waals surface area contributed by atoms with E-state index in [1.807, 2.05) is 0 Å². The molecule has 12 heteroatoms. The SMILES string of the molecule is CN(C)C1=N[C@@H]2[C@@H](O)[C@H](O)[C@H]([C@@H](N(C=O)C=O)C(F)(F)F)O[C@@H]2S1. The van der Waals surface area contributed by atoms with Crippen molar-refractivity contribution in [2.24, 2.45) is 4.99 Å². The van der Waals surface area contributed by atoms with Gasteiger partial charge in [0.25, 0.3) is 0 Å². The van der Waals surface area contributed by atoms with E-state index in [4.69, 9.17) is 4.74 Å². The number of ether oxygens (including phenoxy) is 1. The molecule has 0 unspecified atom stereocenters. The second kappa shape index (κ2) is 6.86. The van der Waals surface area contributed by atoms with Crippen LogP contribution in [0.2, 0.25) is 0 Å². The van der Waals surface area contributed by atoms with E-state index < -0.39 is 42.0 Å². The largest absolute Gasteiger partial charge is 0.411 e. The number of fused-ring (bicyclic) bond motifs is 1. The summed E-state index contributed by atoms with van der Waals surface area (Å²) in [6, 6.07) is -3.67. The molecule has 0 spiro atoms. The predicted molar refractivity (Wildman–Crippen MR) is 77.0 cm³/mol. The standard InChI is InChI=1S/C12H16F3N3O5S/c1-17(2)11-16-5-6(21)7(22)8(23-10(5)24-11)9(12(13,14)15)18(3-19)4-20/h3-10,21-22H,1-2H3/t5-,6-,7+,8-,9-,10-/m1/s1. The highest BCUT2D eigenvalue weighted by atomic mass is 32.2. The summed E-state index contributed by atoms with van der Waals surface area (Å²) in [5.41, 5.74) is -0.976. The lowest BCUT2D eigenvalue weighted by Gasteiger charge is -2.43. The maximum absolute atomic E-state index is 13.3. The summed E-state index contributed by atoms with van der Waals surface area (Å²) in [6.07, 6.45) is -11.3. The Kier molecular flexibility index (Phi) is 5.42. The van der Waals surface area contributed by atoms with Gasteiger partial charge in [0, 0.05) is 14.1 Å². The van der Waals surface area contributed by atoms with Crippen LogP contribution in [0.4, 0.5) is 13.2 Å². The Morgan fingerprint density at radius 2 is 1.83 bits per heavy atom. The molecule has 2 rings (SSSR count). The maximum atomic E-state index is 13.3. The van der Waals surface area contributed by atoms with Crippen molar-refractivity contribution in [1.82, 2.24) is 9.80 Å². The summed E-state index contributed by atoms with van der Waals surface area (Å²) in [5, 5.41) is 20.6. The minimum Gasteiger partial charge on any atom is -0.388 e. The Labute approximate surface area is 139 Å². The van der Waals surface area contributed by atoms with Crippen LogP contribution >= 0.6 is 11.8 Å². The van der Waals surface area contributed by atoms with Gasteiger partial charge in [-0.05, 0) is 0 Å². The molecular weight excluding hydrogens is 355 g/mol. The minimum absolute atomic E-state index is 0.172. The molecule has 0 aliphatic carbocycles. The number of thioether (sulfide) groups is 1. The Hall–Kier alpha value is -1.37. The number of halogens is 3. The Morgan fingerprint density at radius 3 is 2.29 bits per heavy atom. The summed E-state index contributed by atoms with van der Waals surface area (Å²) in [7, 11) is 3.31. The van der Waals surface area contributed by atoms with Gasteiger partial charge in [0.1, 0.15) is 29.8 Å². The van der Waals surface area contributed by atoms with Gasteiger partial charge in [0.15, 0.2) is 11.2 Å². The fourth-order valence-electron chi connectivity index (χ4n) is 2.53. The highest BCUT2D eigenvalue weighted by Crippen LogP contribution is 2.40. The fraction of sp³-hybridized carbons (Fsp3) is 0.750. The molecule has 2 aliphatic rings. The Bertz CT molecular complexity index is 525. The first-order valence-corrected chi connectivity index (χ1v) is 7.68. The zero-order valence-electron chi connectivity index (χ0n) is 12.6. The number of carbonyl (C=O) groups is 2. The van der Waals surface area contributed by atoms with Crippen molar-refractivity contribution < 1.29 is 37.7 Å². The number of carbonyl (C=O) groups excluding carboxylic acids is 2. The number of aliphatic imine (C=N–C) groups is 1. The fourth-order valence-corrected chi connectivity index (χ4v) is 3.68. The lowest BCUT2D eigenvalue weighted by molar-refractivity contribution is -0.246. The Morgan fingerprint density at radius 1 is 1.25 bits per heavy atom. The molecule has 0 bridgehead atoms. The van der Waals surface area contributed by atoms with Gasteiger partial charge >= 0.3 is 6.18 Å². The average Bonchev–Trinajstić information content (AvgIpc) is 2.92. The first kappa shape index (κ1) is 19.0. The highest BCUT2D eigenvalue weighted by molar-refractivity contribution is 8.14. The molecule has 0 radical (unpaired) electrons. The number of imide groups is 1. The molecular formula is C12H16F3N3O5S. The molecule has 0 aromatic rings. The van der Waals surface area contributed by atoms with E-state index in [0.717, 1.165) is 11.8 Å².